The Morgan fingerprint density at radius 1 is 1.18 bits per heavy atom. The van der Waals surface area contributed by atoms with Gasteiger partial charge in [-0.2, -0.15) is 0 Å². The van der Waals surface area contributed by atoms with Gasteiger partial charge in [0, 0.05) is 30.6 Å². The fraction of sp³-hybridized carbons (Fsp3) is 0.600. The maximum absolute atomic E-state index is 15.5. The van der Waals surface area contributed by atoms with Crippen molar-refractivity contribution >= 4 is 16.6 Å². The Morgan fingerprint density at radius 2 is 1.93 bits per heavy atom. The van der Waals surface area contributed by atoms with E-state index in [2.05, 4.69) is 4.98 Å². The summed E-state index contributed by atoms with van der Waals surface area (Å²) in [5.74, 6) is -0.233. The van der Waals surface area contributed by atoms with E-state index in [9.17, 15) is 14.7 Å². The molecule has 1 aromatic carbocycles. The Hall–Kier alpha value is -2.35. The van der Waals surface area contributed by atoms with Gasteiger partial charge in [0.2, 0.25) is 0 Å². The molecule has 3 aliphatic rings. The molecule has 0 radical (unpaired) electrons. The van der Waals surface area contributed by atoms with Crippen LogP contribution in [-0.4, -0.2) is 41.0 Å². The third-order valence-corrected chi connectivity index (χ3v) is 6.74. The molecule has 28 heavy (non-hydrogen) atoms. The van der Waals surface area contributed by atoms with E-state index in [1.165, 1.54) is 7.11 Å². The minimum Gasteiger partial charge on any atom is -0.493 e. The van der Waals surface area contributed by atoms with Crippen molar-refractivity contribution in [1.29, 1.82) is 0 Å². The van der Waals surface area contributed by atoms with E-state index >= 15 is 4.39 Å². The number of aliphatic hydroxyl groups excluding tert-OH is 1. The van der Waals surface area contributed by atoms with Gasteiger partial charge in [0.1, 0.15) is 5.39 Å². The number of nitrogens with zero attached hydrogens (tertiary/aromatic N) is 2. The second-order valence-corrected chi connectivity index (χ2v) is 8.38. The number of hydrogen-bond acceptors (Lipinski definition) is 5. The predicted molar refractivity (Wildman–Crippen MR) is 103 cm³/mol. The van der Waals surface area contributed by atoms with Gasteiger partial charge in [0.05, 0.1) is 24.4 Å². The monoisotopic (exact) mass is 389 g/mol. The van der Waals surface area contributed by atoms with Crippen LogP contribution in [-0.2, 0) is 0 Å². The second kappa shape index (κ2) is 6.07. The first-order chi connectivity index (χ1) is 13.4. The largest absolute Gasteiger partial charge is 0.493 e. The number of fused-ring (bicyclic) bond motifs is 2. The van der Waals surface area contributed by atoms with Gasteiger partial charge in [-0.05, 0) is 38.5 Å². The van der Waals surface area contributed by atoms with E-state index in [0.717, 1.165) is 25.7 Å². The number of hydrogen-bond donors (Lipinski definition) is 2. The zero-order chi connectivity index (χ0) is 19.7. The Balaban J connectivity index is 1.78. The van der Waals surface area contributed by atoms with Gasteiger partial charge in [-0.25, -0.2) is 9.18 Å². The highest BCUT2D eigenvalue weighted by Gasteiger charge is 2.43. The summed E-state index contributed by atoms with van der Waals surface area (Å²) in [7, 11) is 1.34. The molecule has 2 saturated carbocycles. The van der Waals surface area contributed by atoms with Crippen LogP contribution in [0.4, 0.5) is 10.1 Å². The summed E-state index contributed by atoms with van der Waals surface area (Å²) in [5.41, 5.74) is 0.331. The van der Waals surface area contributed by atoms with Crippen LogP contribution in [0.3, 0.4) is 0 Å². The molecule has 2 N–H and O–H groups in total. The van der Waals surface area contributed by atoms with Crippen molar-refractivity contribution in [3.8, 4) is 5.75 Å². The van der Waals surface area contributed by atoms with Gasteiger partial charge in [0.15, 0.2) is 11.6 Å². The number of methoxy groups -OCH3 is 1. The first-order valence-electron chi connectivity index (χ1n) is 9.90. The first kappa shape index (κ1) is 17.7. The van der Waals surface area contributed by atoms with E-state index < -0.39 is 17.1 Å². The lowest BCUT2D eigenvalue weighted by atomic mass is 10.00. The van der Waals surface area contributed by atoms with Crippen LogP contribution < -0.4 is 20.9 Å². The number of aromatic nitrogens is 2. The summed E-state index contributed by atoms with van der Waals surface area (Å²) >= 11 is 0. The molecule has 1 saturated heterocycles. The lowest BCUT2D eigenvalue weighted by Crippen LogP contribution is -2.32. The molecular formula is C20H24FN3O4. The highest BCUT2D eigenvalue weighted by atomic mass is 19.1. The molecule has 2 aliphatic carbocycles. The molecule has 2 heterocycles. The van der Waals surface area contributed by atoms with Gasteiger partial charge in [-0.1, -0.05) is 0 Å². The van der Waals surface area contributed by atoms with Gasteiger partial charge >= 0.3 is 5.69 Å². The predicted octanol–water partition coefficient (Wildman–Crippen LogP) is 1.69. The number of rotatable bonds is 3. The summed E-state index contributed by atoms with van der Waals surface area (Å²) in [6.45, 7) is 2.99. The summed E-state index contributed by atoms with van der Waals surface area (Å²) in [6.07, 6.45) is 3.08. The molecule has 150 valence electrons. The van der Waals surface area contributed by atoms with Crippen molar-refractivity contribution < 1.29 is 14.2 Å². The molecule has 3 atom stereocenters. The van der Waals surface area contributed by atoms with E-state index in [4.69, 9.17) is 4.74 Å². The van der Waals surface area contributed by atoms with Crippen LogP contribution in [0.5, 0.6) is 5.75 Å². The molecule has 3 unspecified atom stereocenters. The number of aryl methyl sites for hydroxylation is 1. The van der Waals surface area contributed by atoms with Crippen LogP contribution in [0, 0.1) is 24.6 Å². The topological polar surface area (TPSA) is 87.6 Å². The van der Waals surface area contributed by atoms with Crippen molar-refractivity contribution in [2.45, 2.75) is 44.8 Å². The third kappa shape index (κ3) is 2.36. The number of H-pyrrole nitrogens is 1. The molecular weight excluding hydrogens is 365 g/mol. The fourth-order valence-corrected chi connectivity index (χ4v) is 5.29. The Bertz CT molecular complexity index is 1090. The van der Waals surface area contributed by atoms with Gasteiger partial charge in [0.25, 0.3) is 5.56 Å². The zero-order valence-corrected chi connectivity index (χ0v) is 16.0. The van der Waals surface area contributed by atoms with Crippen LogP contribution in [0.2, 0.25) is 0 Å². The van der Waals surface area contributed by atoms with Gasteiger partial charge in [-0.15, -0.1) is 0 Å². The minimum absolute atomic E-state index is 0.0216. The number of aliphatic hydroxyl groups is 1. The summed E-state index contributed by atoms with van der Waals surface area (Å²) in [6, 6.07) is 0.0216. The zero-order valence-electron chi connectivity index (χ0n) is 16.0. The number of nitrogens with one attached hydrogen (secondary N) is 1. The van der Waals surface area contributed by atoms with E-state index in [-0.39, 0.29) is 29.2 Å². The molecule has 1 aliphatic heterocycles. The highest BCUT2D eigenvalue weighted by Crippen LogP contribution is 2.46. The molecule has 2 aromatic rings. The van der Waals surface area contributed by atoms with Crippen LogP contribution in [0.25, 0.3) is 10.9 Å². The standard InChI is InChI=1S/C20H24FN3O4/c1-9-16-14(19(26)22-20(27)24(16)11-4-5-11)18(28-2)15(21)17(9)23-7-10-3-6-13(25)12(10)8-23/h10-13,25H,3-8H2,1-2H3,(H,22,26,27). The van der Waals surface area contributed by atoms with E-state index in [0.29, 0.717) is 35.8 Å². The number of aromatic amines is 1. The maximum Gasteiger partial charge on any atom is 0.329 e. The van der Waals surface area contributed by atoms with Gasteiger partial charge in [-0.3, -0.25) is 14.3 Å². The normalized spacial score (nSPS) is 26.9. The number of benzene rings is 1. The third-order valence-electron chi connectivity index (χ3n) is 6.74. The van der Waals surface area contributed by atoms with Crippen molar-refractivity contribution in [2.24, 2.45) is 11.8 Å². The second-order valence-electron chi connectivity index (χ2n) is 8.38. The van der Waals surface area contributed by atoms with Crippen LogP contribution >= 0.6 is 0 Å². The van der Waals surface area contributed by atoms with Gasteiger partial charge < -0.3 is 14.7 Å². The lowest BCUT2D eigenvalue weighted by Gasteiger charge is -2.26. The molecule has 0 bridgehead atoms. The quantitative estimate of drug-likeness (QED) is 0.834. The van der Waals surface area contributed by atoms with Crippen molar-refractivity contribution in [3.05, 3.63) is 32.2 Å². The highest BCUT2D eigenvalue weighted by molar-refractivity contribution is 5.93. The van der Waals surface area contributed by atoms with Crippen molar-refractivity contribution in [3.63, 3.8) is 0 Å². The smallest absolute Gasteiger partial charge is 0.329 e. The number of ether oxygens (including phenoxy) is 1. The van der Waals surface area contributed by atoms with Crippen molar-refractivity contribution in [2.75, 3.05) is 25.1 Å². The summed E-state index contributed by atoms with van der Waals surface area (Å²) < 4.78 is 22.5. The molecule has 8 heteroatoms. The number of anilines is 1. The molecule has 5 rings (SSSR count). The van der Waals surface area contributed by atoms with Crippen LogP contribution in [0.1, 0.15) is 37.3 Å². The van der Waals surface area contributed by atoms with Crippen molar-refractivity contribution in [1.82, 2.24) is 9.55 Å². The van der Waals surface area contributed by atoms with E-state index in [1.54, 1.807) is 11.5 Å². The SMILES string of the molecule is COc1c(F)c(N2CC3CCC(O)C3C2)c(C)c2c1c(=O)[nH]c(=O)n2C1CC1. The average Bonchev–Trinajstić information content (AvgIpc) is 3.30. The molecule has 7 nitrogen and oxygen atoms in total. The first-order valence-corrected chi connectivity index (χ1v) is 9.90. The fourth-order valence-electron chi connectivity index (χ4n) is 5.29. The van der Waals surface area contributed by atoms with E-state index in [1.807, 2.05) is 4.90 Å². The maximum atomic E-state index is 15.5. The Morgan fingerprint density at radius 3 is 2.57 bits per heavy atom. The Kier molecular flexibility index (Phi) is 3.84. The average molecular weight is 389 g/mol. The number of halogens is 1. The molecule has 3 fully saturated rings. The molecule has 0 amide bonds. The lowest BCUT2D eigenvalue weighted by molar-refractivity contribution is 0.133. The summed E-state index contributed by atoms with van der Waals surface area (Å²) in [4.78, 5) is 29.4. The molecule has 1 aromatic heterocycles. The minimum atomic E-state index is -0.629. The summed E-state index contributed by atoms with van der Waals surface area (Å²) in [5, 5.41) is 10.3. The van der Waals surface area contributed by atoms with Crippen LogP contribution in [0.15, 0.2) is 9.59 Å². The Labute approximate surface area is 160 Å². The molecule has 0 spiro atoms.